The lowest BCUT2D eigenvalue weighted by Gasteiger charge is -2.16. The standard InChI is InChI=1S/C10H14NO3/c1-14-10(13)9(7-12)11-6-8-4-2-3-5-8/h2-5,9,11-12H,6-7H2,1H3/t9-/m0/s1. The van der Waals surface area contributed by atoms with E-state index in [2.05, 4.69) is 10.1 Å². The largest absolute Gasteiger partial charge is 0.468 e. The molecule has 0 aliphatic heterocycles. The quantitative estimate of drug-likeness (QED) is 0.583. The second-order valence-corrected chi connectivity index (χ2v) is 2.93. The highest BCUT2D eigenvalue weighted by Crippen LogP contribution is 2.21. The summed E-state index contributed by atoms with van der Waals surface area (Å²) >= 11 is 0. The third kappa shape index (κ3) is 3.27. The molecule has 1 saturated carbocycles. The highest BCUT2D eigenvalue weighted by Gasteiger charge is 2.21. The predicted octanol–water partition coefficient (Wildman–Crippen LogP) is -0.485. The number of ether oxygens (including phenoxy) is 1. The molecule has 4 heteroatoms. The van der Waals surface area contributed by atoms with E-state index in [-0.39, 0.29) is 6.61 Å². The molecule has 4 nitrogen and oxygen atoms in total. The Hall–Kier alpha value is -0.610. The Labute approximate surface area is 84.6 Å². The Morgan fingerprint density at radius 3 is 2.71 bits per heavy atom. The molecule has 1 atom stereocenters. The number of carbonyl (C=O) groups is 1. The van der Waals surface area contributed by atoms with Gasteiger partial charge in [0.1, 0.15) is 6.04 Å². The summed E-state index contributed by atoms with van der Waals surface area (Å²) in [5.41, 5.74) is 0. The molecule has 0 bridgehead atoms. The van der Waals surface area contributed by atoms with Crippen molar-refractivity contribution in [1.82, 2.24) is 5.32 Å². The molecule has 1 rings (SSSR count). The van der Waals surface area contributed by atoms with Gasteiger partial charge in [-0.05, 0) is 31.6 Å². The van der Waals surface area contributed by atoms with Crippen LogP contribution in [0.4, 0.5) is 0 Å². The van der Waals surface area contributed by atoms with Gasteiger partial charge in [0.25, 0.3) is 0 Å². The number of nitrogens with one attached hydrogen (secondary N) is 1. The van der Waals surface area contributed by atoms with Gasteiger partial charge in [-0.3, -0.25) is 4.79 Å². The molecule has 1 aliphatic carbocycles. The summed E-state index contributed by atoms with van der Waals surface area (Å²) in [5.74, 6) is 0.631. The molecular weight excluding hydrogens is 182 g/mol. The Morgan fingerprint density at radius 1 is 1.57 bits per heavy atom. The van der Waals surface area contributed by atoms with Crippen LogP contribution in [0.25, 0.3) is 0 Å². The maximum atomic E-state index is 11.1. The summed E-state index contributed by atoms with van der Waals surface area (Å²) in [7, 11) is 1.30. The molecule has 77 valence electrons. The lowest BCUT2D eigenvalue weighted by molar-refractivity contribution is -0.144. The van der Waals surface area contributed by atoms with E-state index in [0.29, 0.717) is 6.54 Å². The summed E-state index contributed by atoms with van der Waals surface area (Å²) in [6.45, 7) is 0.292. The van der Waals surface area contributed by atoms with E-state index in [1.165, 1.54) is 7.11 Å². The molecule has 0 saturated heterocycles. The topological polar surface area (TPSA) is 58.6 Å². The number of aliphatic hydroxyl groups is 1. The third-order valence-electron chi connectivity index (χ3n) is 1.95. The highest BCUT2D eigenvalue weighted by atomic mass is 16.5. The lowest BCUT2D eigenvalue weighted by atomic mass is 10.1. The van der Waals surface area contributed by atoms with Crippen molar-refractivity contribution < 1.29 is 14.6 Å². The maximum Gasteiger partial charge on any atom is 0.325 e. The molecule has 0 spiro atoms. The zero-order valence-corrected chi connectivity index (χ0v) is 8.06. The number of rotatable bonds is 5. The van der Waals surface area contributed by atoms with Crippen LogP contribution in [0.2, 0.25) is 0 Å². The average molecular weight is 196 g/mol. The second-order valence-electron chi connectivity index (χ2n) is 2.93. The molecule has 0 aromatic carbocycles. The van der Waals surface area contributed by atoms with Crippen molar-refractivity contribution in [2.24, 2.45) is 0 Å². The minimum absolute atomic E-state index is 0.257. The first-order valence-electron chi connectivity index (χ1n) is 4.40. The Morgan fingerprint density at radius 2 is 2.21 bits per heavy atom. The monoisotopic (exact) mass is 196 g/mol. The fourth-order valence-corrected chi connectivity index (χ4v) is 1.14. The fraction of sp³-hybridized carbons (Fsp3) is 0.400. The number of methoxy groups -OCH3 is 1. The predicted molar refractivity (Wildman–Crippen MR) is 51.3 cm³/mol. The molecule has 0 aromatic rings. The molecule has 14 heavy (non-hydrogen) atoms. The lowest BCUT2D eigenvalue weighted by Crippen LogP contribution is -2.42. The van der Waals surface area contributed by atoms with Gasteiger partial charge in [0.15, 0.2) is 0 Å². The molecule has 1 fully saturated rings. The minimum atomic E-state index is -0.644. The minimum Gasteiger partial charge on any atom is -0.468 e. The van der Waals surface area contributed by atoms with Crippen molar-refractivity contribution in [2.75, 3.05) is 20.3 Å². The SMILES string of the molecule is COC(=O)[C@H](CO)NC[C]1[CH][CH][CH][CH]1. The van der Waals surface area contributed by atoms with E-state index in [0.717, 1.165) is 5.92 Å². The van der Waals surface area contributed by atoms with Gasteiger partial charge in [-0.1, -0.05) is 0 Å². The molecule has 0 amide bonds. The Kier molecular flexibility index (Phi) is 4.90. The summed E-state index contributed by atoms with van der Waals surface area (Å²) in [6.07, 6.45) is 7.73. The van der Waals surface area contributed by atoms with Gasteiger partial charge >= 0.3 is 5.97 Å². The molecule has 0 aromatic heterocycles. The van der Waals surface area contributed by atoms with Crippen LogP contribution in [0.1, 0.15) is 0 Å². The van der Waals surface area contributed by atoms with E-state index in [1.807, 2.05) is 25.7 Å². The highest BCUT2D eigenvalue weighted by molar-refractivity contribution is 5.75. The van der Waals surface area contributed by atoms with Crippen LogP contribution in [0.15, 0.2) is 0 Å². The van der Waals surface area contributed by atoms with Gasteiger partial charge in [0.2, 0.25) is 0 Å². The summed E-state index contributed by atoms with van der Waals surface area (Å²) in [4.78, 5) is 11.1. The summed E-state index contributed by atoms with van der Waals surface area (Å²) in [6, 6.07) is -0.644. The fourth-order valence-electron chi connectivity index (χ4n) is 1.14. The third-order valence-corrected chi connectivity index (χ3v) is 1.95. The van der Waals surface area contributed by atoms with Crippen molar-refractivity contribution in [3.63, 3.8) is 0 Å². The van der Waals surface area contributed by atoms with Crippen LogP contribution < -0.4 is 5.32 Å². The van der Waals surface area contributed by atoms with Gasteiger partial charge in [0.05, 0.1) is 13.7 Å². The van der Waals surface area contributed by atoms with Gasteiger partial charge in [0, 0.05) is 6.54 Å². The van der Waals surface area contributed by atoms with Crippen LogP contribution >= 0.6 is 0 Å². The van der Waals surface area contributed by atoms with Gasteiger partial charge in [-0.2, -0.15) is 0 Å². The van der Waals surface area contributed by atoms with Crippen molar-refractivity contribution in [3.8, 4) is 0 Å². The van der Waals surface area contributed by atoms with Gasteiger partial charge < -0.3 is 15.2 Å². The van der Waals surface area contributed by atoms with Crippen LogP contribution in [0, 0.1) is 31.6 Å². The first-order valence-corrected chi connectivity index (χ1v) is 4.40. The summed E-state index contributed by atoms with van der Waals surface area (Å²) in [5, 5.41) is 11.8. The molecule has 0 heterocycles. The van der Waals surface area contributed by atoms with E-state index in [9.17, 15) is 4.79 Å². The molecule has 2 N–H and O–H groups in total. The second kappa shape index (κ2) is 5.98. The van der Waals surface area contributed by atoms with E-state index in [1.54, 1.807) is 0 Å². The number of aliphatic hydroxyl groups excluding tert-OH is 1. The van der Waals surface area contributed by atoms with Gasteiger partial charge in [-0.15, -0.1) is 0 Å². The summed E-state index contributed by atoms with van der Waals surface area (Å²) < 4.78 is 4.51. The molecular formula is C10H14NO3. The molecule has 1 aliphatic rings. The van der Waals surface area contributed by atoms with Crippen LogP contribution in [0.5, 0.6) is 0 Å². The van der Waals surface area contributed by atoms with Crippen LogP contribution in [-0.4, -0.2) is 37.4 Å². The van der Waals surface area contributed by atoms with E-state index >= 15 is 0 Å². The molecule has 0 unspecified atom stereocenters. The number of hydrogen-bond donors (Lipinski definition) is 2. The van der Waals surface area contributed by atoms with Crippen molar-refractivity contribution in [3.05, 3.63) is 31.6 Å². The first kappa shape index (κ1) is 11.5. The number of hydrogen-bond acceptors (Lipinski definition) is 4. The maximum absolute atomic E-state index is 11.1. The van der Waals surface area contributed by atoms with Crippen molar-refractivity contribution >= 4 is 5.97 Å². The smallest absolute Gasteiger partial charge is 0.325 e. The zero-order chi connectivity index (χ0) is 10.4. The Balaban J connectivity index is 2.22. The Bertz CT molecular complexity index is 178. The number of esters is 1. The van der Waals surface area contributed by atoms with Gasteiger partial charge in [-0.25, -0.2) is 0 Å². The average Bonchev–Trinajstić information content (AvgIpc) is 2.71. The normalized spacial score (nSPS) is 19.6. The van der Waals surface area contributed by atoms with E-state index < -0.39 is 12.0 Å². The van der Waals surface area contributed by atoms with Crippen LogP contribution in [-0.2, 0) is 9.53 Å². The van der Waals surface area contributed by atoms with E-state index in [4.69, 9.17) is 5.11 Å². The van der Waals surface area contributed by atoms with Crippen molar-refractivity contribution in [1.29, 1.82) is 0 Å². The van der Waals surface area contributed by atoms with Crippen molar-refractivity contribution in [2.45, 2.75) is 6.04 Å². The number of carbonyl (C=O) groups excluding carboxylic acids is 1. The molecule has 5 radical (unpaired) electrons. The zero-order valence-electron chi connectivity index (χ0n) is 8.06. The van der Waals surface area contributed by atoms with Crippen LogP contribution in [0.3, 0.4) is 0 Å². The first-order chi connectivity index (χ1) is 6.77.